The minimum absolute atomic E-state index is 0.0257. The van der Waals surface area contributed by atoms with Gasteiger partial charge in [-0.3, -0.25) is 4.79 Å². The molecule has 1 aromatic rings. The molecular formula is C16H19FN2O. The Hall–Kier alpha value is -1.71. The lowest BCUT2D eigenvalue weighted by atomic mass is 9.90. The number of fused-ring (bicyclic) bond motifs is 1. The number of amides is 1. The van der Waals surface area contributed by atoms with E-state index in [0.717, 1.165) is 18.4 Å². The molecule has 0 unspecified atom stereocenters. The summed E-state index contributed by atoms with van der Waals surface area (Å²) in [6.45, 7) is 2.21. The van der Waals surface area contributed by atoms with E-state index in [9.17, 15) is 9.18 Å². The summed E-state index contributed by atoms with van der Waals surface area (Å²) in [5.74, 6) is 0.409. The number of nitrogens with one attached hydrogen (secondary N) is 1. The molecule has 0 saturated heterocycles. The van der Waals surface area contributed by atoms with E-state index in [-0.39, 0.29) is 23.1 Å². The van der Waals surface area contributed by atoms with E-state index < -0.39 is 0 Å². The number of nitrogens with zero attached hydrogens (tertiary/aromatic N) is 1. The van der Waals surface area contributed by atoms with Crippen LogP contribution in [0.5, 0.6) is 0 Å². The van der Waals surface area contributed by atoms with Gasteiger partial charge in [-0.25, -0.2) is 9.82 Å². The largest absolute Gasteiger partial charge is 0.273 e. The zero-order chi connectivity index (χ0) is 14.2. The molecule has 2 aliphatic carbocycles. The lowest BCUT2D eigenvalue weighted by molar-refractivity contribution is -0.123. The second-order valence-corrected chi connectivity index (χ2v) is 6.12. The highest BCUT2D eigenvalue weighted by atomic mass is 19.1. The van der Waals surface area contributed by atoms with E-state index in [0.29, 0.717) is 5.92 Å². The second-order valence-electron chi connectivity index (χ2n) is 6.12. The number of hydrogen-bond donors (Lipinski definition) is 1. The normalized spacial score (nSPS) is 31.9. The fourth-order valence-corrected chi connectivity index (χ4v) is 3.64. The van der Waals surface area contributed by atoms with Crippen molar-refractivity contribution in [1.29, 1.82) is 0 Å². The number of carbonyl (C=O) groups excluding carboxylic acids is 1. The van der Waals surface area contributed by atoms with Crippen LogP contribution in [-0.2, 0) is 4.79 Å². The third-order valence-electron chi connectivity index (χ3n) is 4.87. The maximum absolute atomic E-state index is 12.7. The fourth-order valence-electron chi connectivity index (χ4n) is 3.64. The van der Waals surface area contributed by atoms with Crippen LogP contribution in [0.2, 0.25) is 0 Å². The first-order chi connectivity index (χ1) is 9.61. The third kappa shape index (κ3) is 2.35. The van der Waals surface area contributed by atoms with Gasteiger partial charge >= 0.3 is 0 Å². The Labute approximate surface area is 118 Å². The monoisotopic (exact) mass is 274 g/mol. The third-order valence-corrected chi connectivity index (χ3v) is 4.87. The summed E-state index contributed by atoms with van der Waals surface area (Å²) in [7, 11) is 0. The molecule has 4 heteroatoms. The lowest BCUT2D eigenvalue weighted by Gasteiger charge is -2.15. The van der Waals surface area contributed by atoms with Gasteiger partial charge in [0.2, 0.25) is 5.91 Å². The summed E-state index contributed by atoms with van der Waals surface area (Å²) in [6.07, 6.45) is 6.33. The molecule has 0 radical (unpaired) electrons. The standard InChI is InChI=1S/C16H19FN2O/c1-16-9-3-2-4-13(16)14(16)15(20)19-18-10-11-5-7-12(17)8-6-11/h5-8,10,13-14H,2-4,9H2,1H3,(H,19,20)/b18-10-/t13-,14+,16+/m0/s1. The highest BCUT2D eigenvalue weighted by Crippen LogP contribution is 2.66. The van der Waals surface area contributed by atoms with Crippen LogP contribution >= 0.6 is 0 Å². The molecule has 106 valence electrons. The Bertz CT molecular complexity index is 540. The van der Waals surface area contributed by atoms with Gasteiger partial charge in [-0.15, -0.1) is 0 Å². The van der Waals surface area contributed by atoms with Crippen LogP contribution in [0.15, 0.2) is 29.4 Å². The highest BCUT2D eigenvalue weighted by Gasteiger charge is 2.64. The van der Waals surface area contributed by atoms with E-state index >= 15 is 0 Å². The zero-order valence-electron chi connectivity index (χ0n) is 11.6. The Morgan fingerprint density at radius 3 is 2.80 bits per heavy atom. The molecule has 2 saturated carbocycles. The van der Waals surface area contributed by atoms with E-state index in [1.807, 2.05) is 0 Å². The molecule has 0 bridgehead atoms. The summed E-state index contributed by atoms with van der Waals surface area (Å²) in [5, 5.41) is 3.97. The van der Waals surface area contributed by atoms with Crippen LogP contribution in [0, 0.1) is 23.1 Å². The van der Waals surface area contributed by atoms with Crippen molar-refractivity contribution in [2.45, 2.75) is 32.6 Å². The number of benzene rings is 1. The number of hydrogen-bond acceptors (Lipinski definition) is 2. The minimum atomic E-state index is -0.277. The topological polar surface area (TPSA) is 41.5 Å². The molecule has 0 spiro atoms. The molecule has 1 aromatic carbocycles. The summed E-state index contributed by atoms with van der Waals surface area (Å²) < 4.78 is 12.7. The smallest absolute Gasteiger partial charge is 0.244 e. The molecule has 2 aliphatic rings. The quantitative estimate of drug-likeness (QED) is 0.668. The van der Waals surface area contributed by atoms with E-state index in [2.05, 4.69) is 17.5 Å². The van der Waals surface area contributed by atoms with Crippen LogP contribution in [0.25, 0.3) is 0 Å². The Balaban J connectivity index is 1.56. The van der Waals surface area contributed by atoms with Crippen molar-refractivity contribution >= 4 is 12.1 Å². The lowest BCUT2D eigenvalue weighted by Crippen LogP contribution is -2.22. The Morgan fingerprint density at radius 2 is 2.15 bits per heavy atom. The van der Waals surface area contributed by atoms with Crippen LogP contribution in [-0.4, -0.2) is 12.1 Å². The molecular weight excluding hydrogens is 255 g/mol. The van der Waals surface area contributed by atoms with Gasteiger partial charge < -0.3 is 0 Å². The Kier molecular flexibility index (Phi) is 3.32. The van der Waals surface area contributed by atoms with Crippen LogP contribution < -0.4 is 5.43 Å². The van der Waals surface area contributed by atoms with Gasteiger partial charge in [0.25, 0.3) is 0 Å². The molecule has 3 nitrogen and oxygen atoms in total. The van der Waals surface area contributed by atoms with Gasteiger partial charge in [0.15, 0.2) is 0 Å². The van der Waals surface area contributed by atoms with Gasteiger partial charge in [0.1, 0.15) is 5.82 Å². The van der Waals surface area contributed by atoms with Crippen molar-refractivity contribution in [3.05, 3.63) is 35.6 Å². The average molecular weight is 274 g/mol. The van der Waals surface area contributed by atoms with Gasteiger partial charge in [-0.05, 0) is 41.9 Å². The molecule has 3 atom stereocenters. The SMILES string of the molecule is C[C@@]12CCCC[C@H]1[C@@H]2C(=O)N/N=C\c1ccc(F)cc1. The predicted molar refractivity (Wildman–Crippen MR) is 75.7 cm³/mol. The molecule has 0 aromatic heterocycles. The molecule has 1 amide bonds. The molecule has 0 heterocycles. The van der Waals surface area contributed by atoms with E-state index in [1.165, 1.54) is 25.0 Å². The van der Waals surface area contributed by atoms with Crippen molar-refractivity contribution in [1.82, 2.24) is 5.43 Å². The molecule has 20 heavy (non-hydrogen) atoms. The van der Waals surface area contributed by atoms with Crippen LogP contribution in [0.3, 0.4) is 0 Å². The van der Waals surface area contributed by atoms with Gasteiger partial charge in [-0.1, -0.05) is 31.9 Å². The number of hydrazone groups is 1. The summed E-state index contributed by atoms with van der Waals surface area (Å²) >= 11 is 0. The summed E-state index contributed by atoms with van der Waals surface area (Å²) in [5.41, 5.74) is 3.60. The number of rotatable bonds is 3. The van der Waals surface area contributed by atoms with Crippen LogP contribution in [0.4, 0.5) is 4.39 Å². The number of carbonyl (C=O) groups is 1. The Morgan fingerprint density at radius 1 is 1.40 bits per heavy atom. The summed E-state index contributed by atoms with van der Waals surface area (Å²) in [4.78, 5) is 12.1. The second kappa shape index (κ2) is 5.00. The van der Waals surface area contributed by atoms with Gasteiger partial charge in [0, 0.05) is 5.92 Å². The number of halogens is 1. The minimum Gasteiger partial charge on any atom is -0.273 e. The van der Waals surface area contributed by atoms with Crippen molar-refractivity contribution in [2.24, 2.45) is 22.4 Å². The maximum Gasteiger partial charge on any atom is 0.244 e. The first-order valence-electron chi connectivity index (χ1n) is 7.20. The molecule has 2 fully saturated rings. The van der Waals surface area contributed by atoms with E-state index in [1.54, 1.807) is 18.3 Å². The van der Waals surface area contributed by atoms with Crippen molar-refractivity contribution in [3.8, 4) is 0 Å². The van der Waals surface area contributed by atoms with Gasteiger partial charge in [-0.2, -0.15) is 5.10 Å². The van der Waals surface area contributed by atoms with Crippen molar-refractivity contribution in [3.63, 3.8) is 0 Å². The van der Waals surface area contributed by atoms with Crippen molar-refractivity contribution < 1.29 is 9.18 Å². The molecule has 3 rings (SSSR count). The zero-order valence-corrected chi connectivity index (χ0v) is 11.6. The molecule has 1 N–H and O–H groups in total. The predicted octanol–water partition coefficient (Wildman–Crippen LogP) is 3.10. The van der Waals surface area contributed by atoms with Crippen molar-refractivity contribution in [2.75, 3.05) is 0 Å². The highest BCUT2D eigenvalue weighted by molar-refractivity contribution is 5.85. The first kappa shape index (κ1) is 13.3. The maximum atomic E-state index is 12.7. The fraction of sp³-hybridized carbons (Fsp3) is 0.500. The first-order valence-corrected chi connectivity index (χ1v) is 7.20. The van der Waals surface area contributed by atoms with E-state index in [4.69, 9.17) is 0 Å². The van der Waals surface area contributed by atoms with Crippen LogP contribution in [0.1, 0.15) is 38.2 Å². The molecule has 0 aliphatic heterocycles. The average Bonchev–Trinajstić information content (AvgIpc) is 3.06. The van der Waals surface area contributed by atoms with Gasteiger partial charge in [0.05, 0.1) is 6.21 Å². The summed E-state index contributed by atoms with van der Waals surface area (Å²) in [6, 6.07) is 6.01.